The summed E-state index contributed by atoms with van der Waals surface area (Å²) in [4.78, 5) is 4.58. The number of nitrogens with one attached hydrogen (secondary N) is 2. The van der Waals surface area contributed by atoms with Crippen molar-refractivity contribution >= 4 is 16.9 Å². The maximum atomic E-state index is 10.6. The Morgan fingerprint density at radius 2 is 2.08 bits per heavy atom. The lowest BCUT2D eigenvalue weighted by atomic mass is 9.95. The Labute approximate surface area is 148 Å². The predicted octanol–water partition coefficient (Wildman–Crippen LogP) is 2.59. The summed E-state index contributed by atoms with van der Waals surface area (Å²) >= 11 is 0. The zero-order chi connectivity index (χ0) is 17.7. The van der Waals surface area contributed by atoms with E-state index >= 15 is 0 Å². The molecule has 0 amide bonds. The number of fused-ring (bicyclic) bond motifs is 1. The van der Waals surface area contributed by atoms with E-state index in [4.69, 9.17) is 9.15 Å². The average Bonchev–Trinajstić information content (AvgIpc) is 3.05. The summed E-state index contributed by atoms with van der Waals surface area (Å²) in [6.45, 7) is 6.34. The number of guanidine groups is 1. The first kappa shape index (κ1) is 17.8. The van der Waals surface area contributed by atoms with Crippen LogP contribution in [0.25, 0.3) is 11.0 Å². The van der Waals surface area contributed by atoms with Crippen LogP contribution in [0.3, 0.4) is 0 Å². The fourth-order valence-electron chi connectivity index (χ4n) is 2.95. The molecule has 2 aromatic rings. The van der Waals surface area contributed by atoms with Gasteiger partial charge < -0.3 is 24.9 Å². The molecule has 0 aliphatic carbocycles. The van der Waals surface area contributed by atoms with Gasteiger partial charge in [0.15, 0.2) is 5.96 Å². The van der Waals surface area contributed by atoms with E-state index in [1.165, 1.54) is 0 Å². The smallest absolute Gasteiger partial charge is 0.191 e. The maximum absolute atomic E-state index is 10.6. The number of benzene rings is 1. The van der Waals surface area contributed by atoms with Gasteiger partial charge in [-0.2, -0.15) is 0 Å². The lowest BCUT2D eigenvalue weighted by Crippen LogP contribution is -2.43. The van der Waals surface area contributed by atoms with Gasteiger partial charge in [0, 0.05) is 38.0 Å². The summed E-state index contributed by atoms with van der Waals surface area (Å²) < 4.78 is 11.2. The number of aliphatic imine (C=N–C) groups is 1. The summed E-state index contributed by atoms with van der Waals surface area (Å²) in [5, 5.41) is 18.2. The van der Waals surface area contributed by atoms with Crippen molar-refractivity contribution in [2.24, 2.45) is 4.99 Å². The van der Waals surface area contributed by atoms with Crippen LogP contribution >= 0.6 is 0 Å². The average molecular weight is 345 g/mol. The lowest BCUT2D eigenvalue weighted by molar-refractivity contribution is -0.0566. The van der Waals surface area contributed by atoms with Gasteiger partial charge in [0.05, 0.1) is 18.2 Å². The Hall–Kier alpha value is -2.05. The van der Waals surface area contributed by atoms with Crippen molar-refractivity contribution in [2.75, 3.05) is 26.3 Å². The summed E-state index contributed by atoms with van der Waals surface area (Å²) in [5.41, 5.74) is 0.105. The van der Waals surface area contributed by atoms with Crippen molar-refractivity contribution in [2.45, 2.75) is 38.3 Å². The molecule has 136 valence electrons. The second kappa shape index (κ2) is 7.89. The van der Waals surface area contributed by atoms with Crippen LogP contribution in [-0.2, 0) is 4.74 Å². The van der Waals surface area contributed by atoms with Crippen molar-refractivity contribution < 1.29 is 14.3 Å². The quantitative estimate of drug-likeness (QED) is 0.573. The molecule has 0 spiro atoms. The van der Waals surface area contributed by atoms with Crippen molar-refractivity contribution in [3.8, 4) is 0 Å². The van der Waals surface area contributed by atoms with Crippen molar-refractivity contribution in [1.29, 1.82) is 0 Å². The zero-order valence-electron chi connectivity index (χ0n) is 14.9. The van der Waals surface area contributed by atoms with Gasteiger partial charge in [0.1, 0.15) is 11.3 Å². The van der Waals surface area contributed by atoms with Crippen molar-refractivity contribution in [3.63, 3.8) is 0 Å². The SMILES string of the molecule is CCNC(=NCC1(O)CCOCC1)NC(C)c1cc2ccccc2o1. The maximum Gasteiger partial charge on any atom is 0.191 e. The Morgan fingerprint density at radius 1 is 1.32 bits per heavy atom. The molecule has 1 saturated heterocycles. The Balaban J connectivity index is 1.68. The number of nitrogens with zero attached hydrogens (tertiary/aromatic N) is 1. The van der Waals surface area contributed by atoms with Crippen LogP contribution in [0.4, 0.5) is 0 Å². The van der Waals surface area contributed by atoms with Crippen LogP contribution in [0, 0.1) is 0 Å². The molecule has 1 aromatic carbocycles. The highest BCUT2D eigenvalue weighted by Crippen LogP contribution is 2.24. The number of furan rings is 1. The van der Waals surface area contributed by atoms with Crippen LogP contribution in [0.1, 0.15) is 38.5 Å². The second-order valence-corrected chi connectivity index (χ2v) is 6.58. The number of hydrogen-bond acceptors (Lipinski definition) is 4. The topological polar surface area (TPSA) is 79.0 Å². The van der Waals surface area contributed by atoms with E-state index in [0.29, 0.717) is 38.6 Å². The molecule has 1 unspecified atom stereocenters. The Morgan fingerprint density at radius 3 is 2.80 bits per heavy atom. The molecule has 0 saturated carbocycles. The van der Waals surface area contributed by atoms with Crippen molar-refractivity contribution in [1.82, 2.24) is 10.6 Å². The molecule has 6 heteroatoms. The van der Waals surface area contributed by atoms with Gasteiger partial charge in [0.2, 0.25) is 0 Å². The van der Waals surface area contributed by atoms with Gasteiger partial charge in [-0.3, -0.25) is 4.99 Å². The molecular weight excluding hydrogens is 318 g/mol. The lowest BCUT2D eigenvalue weighted by Gasteiger charge is -2.30. The first-order valence-corrected chi connectivity index (χ1v) is 8.93. The summed E-state index contributed by atoms with van der Waals surface area (Å²) in [5.74, 6) is 1.53. The normalized spacial score (nSPS) is 18.9. The first-order valence-electron chi connectivity index (χ1n) is 8.93. The monoisotopic (exact) mass is 345 g/mol. The molecule has 25 heavy (non-hydrogen) atoms. The van der Waals surface area contributed by atoms with E-state index in [0.717, 1.165) is 23.3 Å². The van der Waals surface area contributed by atoms with E-state index in [1.807, 2.05) is 44.2 Å². The second-order valence-electron chi connectivity index (χ2n) is 6.58. The molecule has 0 bridgehead atoms. The van der Waals surface area contributed by atoms with E-state index in [9.17, 15) is 5.11 Å². The molecule has 0 radical (unpaired) electrons. The summed E-state index contributed by atoms with van der Waals surface area (Å²) in [6.07, 6.45) is 1.24. The fraction of sp³-hybridized carbons (Fsp3) is 0.526. The van der Waals surface area contributed by atoms with Gasteiger partial charge in [-0.15, -0.1) is 0 Å². The third-order valence-electron chi connectivity index (χ3n) is 4.52. The summed E-state index contributed by atoms with van der Waals surface area (Å²) in [7, 11) is 0. The highest BCUT2D eigenvalue weighted by Gasteiger charge is 2.29. The van der Waals surface area contributed by atoms with E-state index in [2.05, 4.69) is 15.6 Å². The van der Waals surface area contributed by atoms with Gasteiger partial charge >= 0.3 is 0 Å². The molecule has 1 aromatic heterocycles. The minimum atomic E-state index is -0.775. The number of aliphatic hydroxyl groups is 1. The molecule has 1 fully saturated rings. The minimum Gasteiger partial charge on any atom is -0.459 e. The van der Waals surface area contributed by atoms with Crippen molar-refractivity contribution in [3.05, 3.63) is 36.1 Å². The van der Waals surface area contributed by atoms with Gasteiger partial charge in [-0.25, -0.2) is 0 Å². The molecule has 1 aliphatic rings. The number of ether oxygens (including phenoxy) is 1. The van der Waals surface area contributed by atoms with Crippen LogP contribution in [0.2, 0.25) is 0 Å². The Kier molecular flexibility index (Phi) is 5.60. The van der Waals surface area contributed by atoms with E-state index in [-0.39, 0.29) is 6.04 Å². The molecule has 3 rings (SSSR count). The molecular formula is C19H27N3O3. The van der Waals surface area contributed by atoms with E-state index < -0.39 is 5.60 Å². The largest absolute Gasteiger partial charge is 0.459 e. The predicted molar refractivity (Wildman–Crippen MR) is 98.7 cm³/mol. The highest BCUT2D eigenvalue weighted by atomic mass is 16.5. The van der Waals surface area contributed by atoms with Gasteiger partial charge in [-0.1, -0.05) is 18.2 Å². The number of para-hydroxylation sites is 1. The van der Waals surface area contributed by atoms with Gasteiger partial charge in [0.25, 0.3) is 0 Å². The molecule has 1 atom stereocenters. The third kappa shape index (κ3) is 4.52. The molecule has 6 nitrogen and oxygen atoms in total. The van der Waals surface area contributed by atoms with Gasteiger partial charge in [-0.05, 0) is 26.0 Å². The third-order valence-corrected chi connectivity index (χ3v) is 4.52. The minimum absolute atomic E-state index is 0.0328. The number of hydrogen-bond donors (Lipinski definition) is 3. The van der Waals surface area contributed by atoms with Crippen LogP contribution in [0.5, 0.6) is 0 Å². The first-order chi connectivity index (χ1) is 12.1. The molecule has 3 N–H and O–H groups in total. The molecule has 1 aliphatic heterocycles. The molecule has 2 heterocycles. The van der Waals surface area contributed by atoms with Crippen LogP contribution < -0.4 is 10.6 Å². The highest BCUT2D eigenvalue weighted by molar-refractivity contribution is 5.81. The van der Waals surface area contributed by atoms with E-state index in [1.54, 1.807) is 0 Å². The standard InChI is InChI=1S/C19H27N3O3/c1-3-20-18(21-13-19(23)8-10-24-11-9-19)22-14(2)17-12-15-6-4-5-7-16(15)25-17/h4-7,12,14,23H,3,8-11,13H2,1-2H3,(H2,20,21,22). The van der Waals surface area contributed by atoms with Crippen LogP contribution in [0.15, 0.2) is 39.7 Å². The van der Waals surface area contributed by atoms with Crippen LogP contribution in [-0.4, -0.2) is 43.0 Å². The summed E-state index contributed by atoms with van der Waals surface area (Å²) in [6, 6.07) is 9.98. The zero-order valence-corrected chi connectivity index (χ0v) is 14.9. The fourth-order valence-corrected chi connectivity index (χ4v) is 2.95. The Bertz CT molecular complexity index is 687. The number of rotatable bonds is 5.